The molecule has 2 rings (SSSR count). The number of halogens is 2. The molecular formula is C15H14Cl2N2O2S. The van der Waals surface area contributed by atoms with Crippen LogP contribution in [0.25, 0.3) is 0 Å². The number of hydrogen-bond acceptors (Lipinski definition) is 3. The third kappa shape index (κ3) is 4.16. The minimum atomic E-state index is 0.399. The van der Waals surface area contributed by atoms with Crippen molar-refractivity contribution in [2.45, 2.75) is 0 Å². The van der Waals surface area contributed by atoms with Crippen molar-refractivity contribution in [3.8, 4) is 11.5 Å². The first-order valence-corrected chi connectivity index (χ1v) is 7.45. The monoisotopic (exact) mass is 356 g/mol. The second-order valence-electron chi connectivity index (χ2n) is 4.27. The summed E-state index contributed by atoms with van der Waals surface area (Å²) < 4.78 is 10.4. The van der Waals surface area contributed by atoms with Crippen LogP contribution in [0.15, 0.2) is 36.4 Å². The number of benzene rings is 2. The average molecular weight is 357 g/mol. The predicted molar refractivity (Wildman–Crippen MR) is 95.9 cm³/mol. The molecule has 0 aliphatic heterocycles. The van der Waals surface area contributed by atoms with Gasteiger partial charge in [-0.3, -0.25) is 0 Å². The number of anilines is 2. The van der Waals surface area contributed by atoms with Gasteiger partial charge in [0, 0.05) is 16.8 Å². The van der Waals surface area contributed by atoms with E-state index >= 15 is 0 Å². The molecule has 2 N–H and O–H groups in total. The van der Waals surface area contributed by atoms with Gasteiger partial charge in [-0.15, -0.1) is 0 Å². The van der Waals surface area contributed by atoms with E-state index in [9.17, 15) is 0 Å². The normalized spacial score (nSPS) is 10.0. The quantitative estimate of drug-likeness (QED) is 0.768. The Hall–Kier alpha value is -1.69. The Kier molecular flexibility index (Phi) is 5.71. The van der Waals surface area contributed by atoms with E-state index in [4.69, 9.17) is 44.9 Å². The van der Waals surface area contributed by atoms with Crippen LogP contribution in [0.5, 0.6) is 11.5 Å². The lowest BCUT2D eigenvalue weighted by atomic mass is 10.2. The second kappa shape index (κ2) is 7.54. The molecule has 0 aliphatic carbocycles. The molecule has 0 bridgehead atoms. The van der Waals surface area contributed by atoms with Crippen molar-refractivity contribution in [1.29, 1.82) is 0 Å². The van der Waals surface area contributed by atoms with Crippen LogP contribution in [-0.4, -0.2) is 19.3 Å². The van der Waals surface area contributed by atoms with E-state index in [2.05, 4.69) is 10.6 Å². The minimum Gasteiger partial charge on any atom is -0.493 e. The van der Waals surface area contributed by atoms with Gasteiger partial charge in [0.05, 0.1) is 24.9 Å². The highest BCUT2D eigenvalue weighted by Crippen LogP contribution is 2.30. The Balaban J connectivity index is 2.08. The molecule has 0 atom stereocenters. The molecule has 0 amide bonds. The largest absolute Gasteiger partial charge is 0.493 e. The van der Waals surface area contributed by atoms with E-state index in [1.165, 1.54) is 0 Å². The highest BCUT2D eigenvalue weighted by atomic mass is 35.5. The van der Waals surface area contributed by atoms with Crippen LogP contribution in [0.2, 0.25) is 10.0 Å². The SMILES string of the molecule is COc1ccc(NC(=S)Nc2ccc(Cl)cc2Cl)cc1OC. The molecule has 22 heavy (non-hydrogen) atoms. The lowest BCUT2D eigenvalue weighted by Gasteiger charge is -2.14. The molecule has 0 fully saturated rings. The van der Waals surface area contributed by atoms with E-state index in [1.807, 2.05) is 6.07 Å². The molecule has 0 spiro atoms. The van der Waals surface area contributed by atoms with Gasteiger partial charge in [-0.05, 0) is 42.5 Å². The summed E-state index contributed by atoms with van der Waals surface area (Å²) in [6.45, 7) is 0. The molecule has 0 unspecified atom stereocenters. The number of thiocarbonyl (C=S) groups is 1. The molecule has 7 heteroatoms. The van der Waals surface area contributed by atoms with Crippen LogP contribution < -0.4 is 20.1 Å². The molecule has 0 saturated heterocycles. The standard InChI is InChI=1S/C15H14Cl2N2O2S/c1-20-13-6-4-10(8-14(13)21-2)18-15(22)19-12-5-3-9(16)7-11(12)17/h3-8H,1-2H3,(H2,18,19,22). The molecule has 0 radical (unpaired) electrons. The lowest BCUT2D eigenvalue weighted by molar-refractivity contribution is 0.355. The van der Waals surface area contributed by atoms with Crippen LogP contribution in [-0.2, 0) is 0 Å². The Morgan fingerprint density at radius 2 is 1.68 bits per heavy atom. The summed E-state index contributed by atoms with van der Waals surface area (Å²) in [6, 6.07) is 10.5. The molecule has 2 aromatic carbocycles. The summed E-state index contributed by atoms with van der Waals surface area (Å²) in [7, 11) is 3.16. The van der Waals surface area contributed by atoms with E-state index < -0.39 is 0 Å². The summed E-state index contributed by atoms with van der Waals surface area (Å²) in [4.78, 5) is 0. The van der Waals surface area contributed by atoms with Crippen molar-refractivity contribution in [2.24, 2.45) is 0 Å². The minimum absolute atomic E-state index is 0.399. The maximum absolute atomic E-state index is 6.09. The fourth-order valence-electron chi connectivity index (χ4n) is 1.79. The van der Waals surface area contributed by atoms with E-state index in [0.717, 1.165) is 5.69 Å². The first-order valence-electron chi connectivity index (χ1n) is 6.28. The lowest BCUT2D eigenvalue weighted by Crippen LogP contribution is -2.19. The maximum atomic E-state index is 6.09. The van der Waals surface area contributed by atoms with Gasteiger partial charge in [-0.25, -0.2) is 0 Å². The number of methoxy groups -OCH3 is 2. The van der Waals surface area contributed by atoms with Crippen molar-refractivity contribution < 1.29 is 9.47 Å². The third-order valence-electron chi connectivity index (χ3n) is 2.82. The van der Waals surface area contributed by atoms with E-state index in [-0.39, 0.29) is 0 Å². The van der Waals surface area contributed by atoms with Crippen LogP contribution >= 0.6 is 35.4 Å². The van der Waals surface area contributed by atoms with Crippen molar-refractivity contribution in [3.63, 3.8) is 0 Å². The number of ether oxygens (including phenoxy) is 2. The number of rotatable bonds is 4. The average Bonchev–Trinajstić information content (AvgIpc) is 2.50. The molecular weight excluding hydrogens is 343 g/mol. The van der Waals surface area contributed by atoms with Crippen molar-refractivity contribution in [1.82, 2.24) is 0 Å². The topological polar surface area (TPSA) is 42.5 Å². The maximum Gasteiger partial charge on any atom is 0.175 e. The number of hydrogen-bond donors (Lipinski definition) is 2. The Labute approximate surface area is 144 Å². The van der Waals surface area contributed by atoms with Crippen molar-refractivity contribution in [3.05, 3.63) is 46.4 Å². The Bertz CT molecular complexity index is 695. The van der Waals surface area contributed by atoms with Gasteiger partial charge >= 0.3 is 0 Å². The Morgan fingerprint density at radius 3 is 2.32 bits per heavy atom. The van der Waals surface area contributed by atoms with Gasteiger partial charge in [0.2, 0.25) is 0 Å². The molecule has 4 nitrogen and oxygen atoms in total. The molecule has 0 aromatic heterocycles. The van der Waals surface area contributed by atoms with Gasteiger partial charge in [0.1, 0.15) is 0 Å². The zero-order valence-electron chi connectivity index (χ0n) is 11.9. The zero-order chi connectivity index (χ0) is 16.1. The fraction of sp³-hybridized carbons (Fsp3) is 0.133. The Morgan fingerprint density at radius 1 is 0.955 bits per heavy atom. The van der Waals surface area contributed by atoms with Gasteiger partial charge in [0.15, 0.2) is 16.6 Å². The highest BCUT2D eigenvalue weighted by Gasteiger charge is 2.07. The molecule has 0 saturated carbocycles. The summed E-state index contributed by atoms with van der Waals surface area (Å²) in [5, 5.41) is 7.51. The second-order valence-corrected chi connectivity index (χ2v) is 5.52. The van der Waals surface area contributed by atoms with Gasteiger partial charge in [0.25, 0.3) is 0 Å². The molecule has 0 heterocycles. The molecule has 116 valence electrons. The molecule has 0 aliphatic rings. The summed E-state index contributed by atoms with van der Waals surface area (Å²) in [6.07, 6.45) is 0. The summed E-state index contributed by atoms with van der Waals surface area (Å²) in [5.41, 5.74) is 1.43. The van der Waals surface area contributed by atoms with Crippen LogP contribution in [0.1, 0.15) is 0 Å². The van der Waals surface area contributed by atoms with Crippen LogP contribution in [0, 0.1) is 0 Å². The van der Waals surface area contributed by atoms with Crippen molar-refractivity contribution in [2.75, 3.05) is 24.9 Å². The van der Waals surface area contributed by atoms with Gasteiger partial charge in [-0.1, -0.05) is 23.2 Å². The fourth-order valence-corrected chi connectivity index (χ4v) is 2.47. The van der Waals surface area contributed by atoms with Crippen LogP contribution in [0.3, 0.4) is 0 Å². The first kappa shape index (κ1) is 16.7. The third-order valence-corrected chi connectivity index (χ3v) is 3.57. The van der Waals surface area contributed by atoms with Gasteiger partial charge < -0.3 is 20.1 Å². The summed E-state index contributed by atoms with van der Waals surface area (Å²) in [5.74, 6) is 1.26. The highest BCUT2D eigenvalue weighted by molar-refractivity contribution is 7.80. The first-order chi connectivity index (χ1) is 10.5. The van der Waals surface area contributed by atoms with Gasteiger partial charge in [-0.2, -0.15) is 0 Å². The zero-order valence-corrected chi connectivity index (χ0v) is 14.3. The summed E-state index contributed by atoms with van der Waals surface area (Å²) >= 11 is 17.2. The van der Waals surface area contributed by atoms with Crippen molar-refractivity contribution >= 4 is 51.9 Å². The predicted octanol–water partition coefficient (Wildman–Crippen LogP) is 4.82. The smallest absolute Gasteiger partial charge is 0.175 e. The number of nitrogens with one attached hydrogen (secondary N) is 2. The van der Waals surface area contributed by atoms with E-state index in [0.29, 0.717) is 32.3 Å². The van der Waals surface area contributed by atoms with Crippen LogP contribution in [0.4, 0.5) is 11.4 Å². The molecule has 2 aromatic rings. The van der Waals surface area contributed by atoms with E-state index in [1.54, 1.807) is 44.6 Å².